The van der Waals surface area contributed by atoms with Crippen LogP contribution in [0.15, 0.2) is 18.3 Å². The maximum atomic E-state index is 4.83. The summed E-state index contributed by atoms with van der Waals surface area (Å²) in [4.78, 5) is 9.40. The molecule has 1 aromatic heterocycles. The molecule has 1 aliphatic carbocycles. The van der Waals surface area contributed by atoms with Crippen LogP contribution in [0, 0.1) is 51.4 Å². The van der Waals surface area contributed by atoms with Crippen molar-refractivity contribution in [2.75, 3.05) is 10.6 Å². The number of aryl methyl sites for hydroxylation is 2. The fraction of sp³-hybridized carbons (Fsp3) is 0.583. The van der Waals surface area contributed by atoms with Crippen LogP contribution >= 0.6 is 0 Å². The Morgan fingerprint density at radius 1 is 0.857 bits per heavy atom. The first-order valence-electron chi connectivity index (χ1n) is 10.6. The summed E-state index contributed by atoms with van der Waals surface area (Å²) in [5, 5.41) is 7.17. The predicted molar refractivity (Wildman–Crippen MR) is 119 cm³/mol. The predicted octanol–water partition coefficient (Wildman–Crippen LogP) is 6.18. The fourth-order valence-corrected chi connectivity index (χ4v) is 4.41. The molecule has 3 rings (SSSR count). The highest BCUT2D eigenvalue weighted by Crippen LogP contribution is 2.39. The topological polar surface area (TPSA) is 49.8 Å². The minimum absolute atomic E-state index is 0.417. The highest BCUT2D eigenvalue weighted by atomic mass is 15.2. The van der Waals surface area contributed by atoms with Crippen molar-refractivity contribution >= 4 is 17.5 Å². The van der Waals surface area contributed by atoms with E-state index in [1.54, 1.807) is 0 Å². The monoisotopic (exact) mass is 380 g/mol. The van der Waals surface area contributed by atoms with Gasteiger partial charge in [-0.1, -0.05) is 33.8 Å². The molecule has 5 unspecified atom stereocenters. The summed E-state index contributed by atoms with van der Waals surface area (Å²) in [7, 11) is 0. The van der Waals surface area contributed by atoms with Gasteiger partial charge in [0.2, 0.25) is 5.95 Å². The number of rotatable bonds is 4. The van der Waals surface area contributed by atoms with Crippen LogP contribution in [0.1, 0.15) is 56.4 Å². The number of nitrogens with one attached hydrogen (secondary N) is 2. The average Bonchev–Trinajstić information content (AvgIpc) is 2.67. The second-order valence-electron chi connectivity index (χ2n) is 9.07. The molecule has 5 atom stereocenters. The summed E-state index contributed by atoms with van der Waals surface area (Å²) < 4.78 is 0. The van der Waals surface area contributed by atoms with Crippen LogP contribution in [-0.2, 0) is 0 Å². The molecule has 0 aliphatic heterocycles. The average molecular weight is 381 g/mol. The van der Waals surface area contributed by atoms with Gasteiger partial charge >= 0.3 is 0 Å². The normalized spacial score (nSPS) is 27.5. The fourth-order valence-electron chi connectivity index (χ4n) is 4.41. The van der Waals surface area contributed by atoms with E-state index in [0.29, 0.717) is 23.8 Å². The van der Waals surface area contributed by atoms with Crippen molar-refractivity contribution in [2.45, 2.75) is 67.9 Å². The summed E-state index contributed by atoms with van der Waals surface area (Å²) in [6.07, 6.45) is 3.08. The molecule has 152 valence electrons. The third-order valence-electron chi connectivity index (χ3n) is 7.41. The van der Waals surface area contributed by atoms with Gasteiger partial charge in [-0.05, 0) is 80.5 Å². The number of hydrogen-bond acceptors (Lipinski definition) is 4. The molecule has 1 heterocycles. The van der Waals surface area contributed by atoms with E-state index < -0.39 is 0 Å². The second-order valence-corrected chi connectivity index (χ2v) is 9.07. The molecule has 4 heteroatoms. The van der Waals surface area contributed by atoms with E-state index in [-0.39, 0.29) is 0 Å². The quantitative estimate of drug-likeness (QED) is 0.665. The molecule has 28 heavy (non-hydrogen) atoms. The smallest absolute Gasteiger partial charge is 0.224 e. The van der Waals surface area contributed by atoms with E-state index in [4.69, 9.17) is 4.98 Å². The summed E-state index contributed by atoms with van der Waals surface area (Å²) in [6, 6.07) is 4.72. The highest BCUT2D eigenvalue weighted by Gasteiger charge is 2.36. The van der Waals surface area contributed by atoms with E-state index in [2.05, 4.69) is 83.1 Å². The zero-order valence-electron chi connectivity index (χ0n) is 18.7. The maximum absolute atomic E-state index is 4.83. The molecular weight excluding hydrogens is 344 g/mol. The molecule has 0 radical (unpaired) electrons. The Morgan fingerprint density at radius 3 is 2.29 bits per heavy atom. The first-order valence-corrected chi connectivity index (χ1v) is 10.6. The van der Waals surface area contributed by atoms with E-state index >= 15 is 0 Å². The molecule has 2 N–H and O–H groups in total. The SMILES string of the molecule is Cc1cnc(NC2CC(C)C(C)C(C)C2C)nc1Nc1ccc(C)c(C)c1C. The van der Waals surface area contributed by atoms with Gasteiger partial charge in [-0.25, -0.2) is 4.98 Å². The van der Waals surface area contributed by atoms with Gasteiger partial charge in [0.15, 0.2) is 0 Å². The molecule has 1 saturated carbocycles. The molecule has 0 bridgehead atoms. The van der Waals surface area contributed by atoms with Crippen LogP contribution in [0.5, 0.6) is 0 Å². The van der Waals surface area contributed by atoms with Gasteiger partial charge in [0.25, 0.3) is 0 Å². The van der Waals surface area contributed by atoms with Crippen molar-refractivity contribution in [3.63, 3.8) is 0 Å². The lowest BCUT2D eigenvalue weighted by molar-refractivity contribution is 0.123. The van der Waals surface area contributed by atoms with Crippen LogP contribution in [0.3, 0.4) is 0 Å². The first kappa shape index (κ1) is 20.6. The lowest BCUT2D eigenvalue weighted by Crippen LogP contribution is -2.42. The Labute approximate surface area is 170 Å². The summed E-state index contributed by atoms with van der Waals surface area (Å²) in [6.45, 7) is 18.0. The van der Waals surface area contributed by atoms with Crippen molar-refractivity contribution in [3.8, 4) is 0 Å². The Morgan fingerprint density at radius 2 is 1.57 bits per heavy atom. The Hall–Kier alpha value is -2.10. The summed E-state index contributed by atoms with van der Waals surface area (Å²) in [5.74, 6) is 4.38. The summed E-state index contributed by atoms with van der Waals surface area (Å²) in [5.41, 5.74) is 6.06. The molecule has 0 saturated heterocycles. The van der Waals surface area contributed by atoms with Gasteiger partial charge < -0.3 is 10.6 Å². The van der Waals surface area contributed by atoms with E-state index in [1.165, 1.54) is 23.1 Å². The third-order valence-corrected chi connectivity index (χ3v) is 7.41. The van der Waals surface area contributed by atoms with Crippen molar-refractivity contribution in [1.29, 1.82) is 0 Å². The zero-order chi connectivity index (χ0) is 20.6. The van der Waals surface area contributed by atoms with Crippen LogP contribution in [0.25, 0.3) is 0 Å². The van der Waals surface area contributed by atoms with Gasteiger partial charge in [0.05, 0.1) is 0 Å². The van der Waals surface area contributed by atoms with Crippen LogP contribution in [-0.4, -0.2) is 16.0 Å². The zero-order valence-corrected chi connectivity index (χ0v) is 18.7. The Kier molecular flexibility index (Phi) is 5.97. The van der Waals surface area contributed by atoms with Gasteiger partial charge in [-0.2, -0.15) is 4.98 Å². The summed E-state index contributed by atoms with van der Waals surface area (Å²) >= 11 is 0. The van der Waals surface area contributed by atoms with Crippen molar-refractivity contribution < 1.29 is 0 Å². The van der Waals surface area contributed by atoms with Gasteiger partial charge in [-0.3, -0.25) is 0 Å². The largest absolute Gasteiger partial charge is 0.351 e. The number of benzene rings is 1. The first-order chi connectivity index (χ1) is 13.2. The lowest BCUT2D eigenvalue weighted by atomic mass is 9.67. The minimum atomic E-state index is 0.417. The van der Waals surface area contributed by atoms with Crippen LogP contribution in [0.2, 0.25) is 0 Å². The minimum Gasteiger partial charge on any atom is -0.351 e. The number of anilines is 3. The van der Waals surface area contributed by atoms with E-state index in [1.807, 2.05) is 6.20 Å². The number of aromatic nitrogens is 2. The Bertz CT molecular complexity index is 845. The number of hydrogen-bond donors (Lipinski definition) is 2. The molecular formula is C24H36N4. The van der Waals surface area contributed by atoms with Crippen molar-refractivity contribution in [2.24, 2.45) is 23.7 Å². The molecule has 0 spiro atoms. The van der Waals surface area contributed by atoms with Crippen LogP contribution in [0.4, 0.5) is 17.5 Å². The lowest BCUT2D eigenvalue weighted by Gasteiger charge is -2.42. The highest BCUT2D eigenvalue weighted by molar-refractivity contribution is 5.65. The van der Waals surface area contributed by atoms with Crippen LogP contribution < -0.4 is 10.6 Å². The van der Waals surface area contributed by atoms with Crippen molar-refractivity contribution in [3.05, 3.63) is 40.6 Å². The van der Waals surface area contributed by atoms with Crippen molar-refractivity contribution in [1.82, 2.24) is 9.97 Å². The third kappa shape index (κ3) is 4.01. The molecule has 1 fully saturated rings. The molecule has 1 aliphatic rings. The van der Waals surface area contributed by atoms with E-state index in [9.17, 15) is 0 Å². The standard InChI is InChI=1S/C24H36N4/c1-13-9-10-21(19(7)16(13)4)26-23-15(3)12-25-24(28-23)27-22-11-14(2)17(5)18(6)20(22)8/h9-10,12,14,17-18,20,22H,11H2,1-8H3,(H2,25,26,27,28). The van der Waals surface area contributed by atoms with E-state index in [0.717, 1.165) is 28.9 Å². The molecule has 1 aromatic carbocycles. The number of nitrogens with zero attached hydrogens (tertiary/aromatic N) is 2. The molecule has 0 amide bonds. The Balaban J connectivity index is 1.81. The van der Waals surface area contributed by atoms with Gasteiger partial charge in [-0.15, -0.1) is 0 Å². The molecule has 4 nitrogen and oxygen atoms in total. The van der Waals surface area contributed by atoms with Gasteiger partial charge in [0, 0.05) is 23.5 Å². The molecule has 2 aromatic rings. The van der Waals surface area contributed by atoms with Gasteiger partial charge in [0.1, 0.15) is 5.82 Å². The second kappa shape index (κ2) is 8.10. The maximum Gasteiger partial charge on any atom is 0.224 e.